The van der Waals surface area contributed by atoms with Gasteiger partial charge in [-0.25, -0.2) is 0 Å². The second kappa shape index (κ2) is 6.40. The molecule has 0 aliphatic heterocycles. The summed E-state index contributed by atoms with van der Waals surface area (Å²) >= 11 is 1.55. The summed E-state index contributed by atoms with van der Waals surface area (Å²) in [5.74, 6) is 1.53. The van der Waals surface area contributed by atoms with Crippen LogP contribution in [0.5, 0.6) is 0 Å². The number of carbonyl (C=O) groups excluding carboxylic acids is 1. The summed E-state index contributed by atoms with van der Waals surface area (Å²) < 4.78 is 1.90. The van der Waals surface area contributed by atoms with Gasteiger partial charge in [-0.2, -0.15) is 5.10 Å². The van der Waals surface area contributed by atoms with E-state index in [9.17, 15) is 4.79 Å². The third-order valence-corrected chi connectivity index (χ3v) is 7.19. The zero-order chi connectivity index (χ0) is 17.7. The second-order valence-electron chi connectivity index (χ2n) is 8.17. The molecule has 2 aromatic heterocycles. The quantitative estimate of drug-likeness (QED) is 0.881. The first-order chi connectivity index (χ1) is 11.9. The van der Waals surface area contributed by atoms with E-state index in [-0.39, 0.29) is 5.91 Å². The van der Waals surface area contributed by atoms with Crippen LogP contribution in [0, 0.1) is 11.8 Å². The summed E-state index contributed by atoms with van der Waals surface area (Å²) in [7, 11) is 1.96. The van der Waals surface area contributed by atoms with Crippen molar-refractivity contribution in [2.75, 3.05) is 0 Å². The lowest BCUT2D eigenvalue weighted by molar-refractivity contribution is 0.0759. The molecule has 3 N–H and O–H groups in total. The molecule has 5 nitrogen and oxygen atoms in total. The SMILES string of the molecule is CC(C)c1nn(C)c2sc(C(=O)NC3C4CCCC3CC(N)C4)cc12. The van der Waals surface area contributed by atoms with Crippen LogP contribution < -0.4 is 11.1 Å². The highest BCUT2D eigenvalue weighted by atomic mass is 32.1. The van der Waals surface area contributed by atoms with Crippen molar-refractivity contribution in [2.45, 2.75) is 64.0 Å². The number of amides is 1. The lowest BCUT2D eigenvalue weighted by Crippen LogP contribution is -2.53. The van der Waals surface area contributed by atoms with Crippen LogP contribution in [0.1, 0.15) is 67.2 Å². The Morgan fingerprint density at radius 2 is 2.04 bits per heavy atom. The average Bonchev–Trinajstić information content (AvgIpc) is 3.09. The molecule has 2 heterocycles. The number of aromatic nitrogens is 2. The van der Waals surface area contributed by atoms with E-state index in [0.29, 0.717) is 29.8 Å². The molecule has 2 aliphatic carbocycles. The van der Waals surface area contributed by atoms with Gasteiger partial charge in [0, 0.05) is 24.5 Å². The van der Waals surface area contributed by atoms with E-state index in [1.54, 1.807) is 11.3 Å². The molecule has 2 aliphatic rings. The summed E-state index contributed by atoms with van der Waals surface area (Å²) in [5, 5.41) is 9.09. The highest BCUT2D eigenvalue weighted by Crippen LogP contribution is 2.40. The summed E-state index contributed by atoms with van der Waals surface area (Å²) in [6, 6.07) is 2.64. The fraction of sp³-hybridized carbons (Fsp3) is 0.684. The Bertz CT molecular complexity index is 779. The van der Waals surface area contributed by atoms with Gasteiger partial charge in [-0.05, 0) is 49.5 Å². The molecule has 2 fully saturated rings. The molecule has 4 rings (SSSR count). The van der Waals surface area contributed by atoms with Crippen molar-refractivity contribution in [1.29, 1.82) is 0 Å². The molecule has 2 aromatic rings. The van der Waals surface area contributed by atoms with Crippen LogP contribution in [0.3, 0.4) is 0 Å². The van der Waals surface area contributed by atoms with Gasteiger partial charge in [0.25, 0.3) is 5.91 Å². The normalized spacial score (nSPS) is 29.3. The van der Waals surface area contributed by atoms with E-state index in [0.717, 1.165) is 33.6 Å². The number of hydrogen-bond acceptors (Lipinski definition) is 4. The molecule has 1 amide bonds. The summed E-state index contributed by atoms with van der Waals surface area (Å²) in [6.45, 7) is 4.29. The maximum Gasteiger partial charge on any atom is 0.261 e. The molecule has 25 heavy (non-hydrogen) atoms. The van der Waals surface area contributed by atoms with Crippen molar-refractivity contribution >= 4 is 27.5 Å². The number of thiophene rings is 1. The lowest BCUT2D eigenvalue weighted by Gasteiger charge is -2.45. The molecule has 0 spiro atoms. The van der Waals surface area contributed by atoms with Crippen LogP contribution in [0.4, 0.5) is 0 Å². The number of nitrogens with two attached hydrogens (primary N) is 1. The Morgan fingerprint density at radius 3 is 2.68 bits per heavy atom. The minimum atomic E-state index is 0.0771. The van der Waals surface area contributed by atoms with E-state index >= 15 is 0 Å². The predicted octanol–water partition coefficient (Wildman–Crippen LogP) is 3.39. The van der Waals surface area contributed by atoms with E-state index in [4.69, 9.17) is 5.73 Å². The smallest absolute Gasteiger partial charge is 0.261 e. The largest absolute Gasteiger partial charge is 0.348 e. The molecule has 6 heteroatoms. The Hall–Kier alpha value is -1.40. The fourth-order valence-electron chi connectivity index (χ4n) is 4.85. The molecule has 2 saturated carbocycles. The molecule has 2 atom stereocenters. The van der Waals surface area contributed by atoms with Gasteiger partial charge in [-0.15, -0.1) is 11.3 Å². The molecule has 0 radical (unpaired) electrons. The van der Waals surface area contributed by atoms with Crippen LogP contribution in [-0.4, -0.2) is 27.8 Å². The fourth-order valence-corrected chi connectivity index (χ4v) is 5.83. The third-order valence-electron chi connectivity index (χ3n) is 5.99. The standard InChI is InChI=1S/C19H28N4OS/c1-10(2)16-14-9-15(25-19(14)23(3)22-16)18(24)21-17-11-5-4-6-12(17)8-13(20)7-11/h9-13,17H,4-8,20H2,1-3H3,(H,21,24). The van der Waals surface area contributed by atoms with Gasteiger partial charge in [0.1, 0.15) is 4.83 Å². The molecular weight excluding hydrogens is 332 g/mol. The second-order valence-corrected chi connectivity index (χ2v) is 9.21. The van der Waals surface area contributed by atoms with Gasteiger partial charge in [0.2, 0.25) is 0 Å². The minimum absolute atomic E-state index is 0.0771. The van der Waals surface area contributed by atoms with Gasteiger partial charge in [-0.3, -0.25) is 9.48 Å². The van der Waals surface area contributed by atoms with Crippen LogP contribution >= 0.6 is 11.3 Å². The van der Waals surface area contributed by atoms with E-state index in [1.807, 2.05) is 17.8 Å². The van der Waals surface area contributed by atoms with Gasteiger partial charge in [0.15, 0.2) is 0 Å². The number of hydrogen-bond donors (Lipinski definition) is 2. The topological polar surface area (TPSA) is 72.9 Å². The number of nitrogens with one attached hydrogen (secondary N) is 1. The highest BCUT2D eigenvalue weighted by molar-refractivity contribution is 7.20. The summed E-state index contributed by atoms with van der Waals surface area (Å²) in [5.41, 5.74) is 7.28. The predicted molar refractivity (Wildman–Crippen MR) is 102 cm³/mol. The van der Waals surface area contributed by atoms with E-state index in [1.165, 1.54) is 19.3 Å². The molecule has 2 unspecified atom stereocenters. The van der Waals surface area contributed by atoms with Gasteiger partial charge in [0.05, 0.1) is 10.6 Å². The molecule has 0 saturated heterocycles. The zero-order valence-electron chi connectivity index (χ0n) is 15.3. The van der Waals surface area contributed by atoms with Crippen LogP contribution in [-0.2, 0) is 7.05 Å². The average molecular weight is 361 g/mol. The van der Waals surface area contributed by atoms with Crippen LogP contribution in [0.25, 0.3) is 10.2 Å². The number of fused-ring (bicyclic) bond motifs is 3. The van der Waals surface area contributed by atoms with Crippen molar-refractivity contribution in [3.63, 3.8) is 0 Å². The molecular formula is C19H28N4OS. The number of carbonyl (C=O) groups is 1. The first-order valence-corrected chi connectivity index (χ1v) is 10.3. The lowest BCUT2D eigenvalue weighted by atomic mass is 9.67. The zero-order valence-corrected chi connectivity index (χ0v) is 16.1. The summed E-state index contributed by atoms with van der Waals surface area (Å²) in [6.07, 6.45) is 5.78. The Labute approximate surface area is 153 Å². The highest BCUT2D eigenvalue weighted by Gasteiger charge is 2.40. The van der Waals surface area contributed by atoms with Crippen molar-refractivity contribution in [1.82, 2.24) is 15.1 Å². The van der Waals surface area contributed by atoms with Crippen molar-refractivity contribution in [3.8, 4) is 0 Å². The number of aryl methyl sites for hydroxylation is 1. The first-order valence-electron chi connectivity index (χ1n) is 9.47. The molecule has 2 bridgehead atoms. The van der Waals surface area contributed by atoms with E-state index < -0.39 is 0 Å². The van der Waals surface area contributed by atoms with Gasteiger partial charge < -0.3 is 11.1 Å². The monoisotopic (exact) mass is 360 g/mol. The van der Waals surface area contributed by atoms with Crippen molar-refractivity contribution < 1.29 is 4.79 Å². The van der Waals surface area contributed by atoms with Gasteiger partial charge in [-0.1, -0.05) is 20.3 Å². The van der Waals surface area contributed by atoms with Crippen LogP contribution in [0.15, 0.2) is 6.07 Å². The van der Waals surface area contributed by atoms with E-state index in [2.05, 4.69) is 24.3 Å². The van der Waals surface area contributed by atoms with Gasteiger partial charge >= 0.3 is 0 Å². The molecule has 136 valence electrons. The Balaban J connectivity index is 1.57. The third kappa shape index (κ3) is 2.99. The summed E-state index contributed by atoms with van der Waals surface area (Å²) in [4.78, 5) is 14.8. The maximum absolute atomic E-state index is 12.9. The maximum atomic E-state index is 12.9. The van der Waals surface area contributed by atoms with Crippen LogP contribution in [0.2, 0.25) is 0 Å². The van der Waals surface area contributed by atoms with Crippen molar-refractivity contribution in [3.05, 3.63) is 16.6 Å². The minimum Gasteiger partial charge on any atom is -0.348 e. The molecule has 0 aromatic carbocycles. The Kier molecular flexibility index (Phi) is 4.36. The number of nitrogens with zero attached hydrogens (tertiary/aromatic N) is 2. The Morgan fingerprint density at radius 1 is 1.36 bits per heavy atom. The van der Waals surface area contributed by atoms with Crippen molar-refractivity contribution in [2.24, 2.45) is 24.6 Å². The first kappa shape index (κ1) is 17.0. The number of rotatable bonds is 3.